The fourth-order valence-corrected chi connectivity index (χ4v) is 0.829. The summed E-state index contributed by atoms with van der Waals surface area (Å²) in [6, 6.07) is -0.444. The summed E-state index contributed by atoms with van der Waals surface area (Å²) in [6.07, 6.45) is 2.85. The molecule has 3 amide bonds. The minimum Gasteiger partial charge on any atom is -0.334 e. The van der Waals surface area contributed by atoms with Gasteiger partial charge in [-0.25, -0.2) is 4.79 Å². The Labute approximate surface area is 78.4 Å². The lowest BCUT2D eigenvalue weighted by molar-refractivity contribution is -0.117. The largest absolute Gasteiger partial charge is 0.334 e. The van der Waals surface area contributed by atoms with Gasteiger partial charge >= 0.3 is 6.03 Å². The molecule has 13 heavy (non-hydrogen) atoms. The van der Waals surface area contributed by atoms with Crippen molar-refractivity contribution in [2.75, 3.05) is 6.54 Å². The molecular weight excluding hydrogens is 168 g/mol. The van der Waals surface area contributed by atoms with E-state index >= 15 is 0 Å². The molecule has 2 N–H and O–H groups in total. The predicted octanol–water partition coefficient (Wildman–Crippen LogP) is 1.19. The van der Waals surface area contributed by atoms with Crippen molar-refractivity contribution in [3.05, 3.63) is 11.6 Å². The van der Waals surface area contributed by atoms with Gasteiger partial charge in [0.2, 0.25) is 5.91 Å². The van der Waals surface area contributed by atoms with Crippen LogP contribution < -0.4 is 10.6 Å². The van der Waals surface area contributed by atoms with Crippen molar-refractivity contribution in [2.24, 2.45) is 0 Å². The number of carbonyl (C=O) groups is 2. The van der Waals surface area contributed by atoms with Crippen LogP contribution in [0.15, 0.2) is 11.6 Å². The molecule has 0 saturated carbocycles. The Balaban J connectivity index is 3.76. The summed E-state index contributed by atoms with van der Waals surface area (Å²) < 4.78 is 0. The van der Waals surface area contributed by atoms with Crippen molar-refractivity contribution >= 4 is 11.9 Å². The second-order valence-corrected chi connectivity index (χ2v) is 2.66. The maximum absolute atomic E-state index is 10.9. The standard InChI is InChI=1S/C9H16N2O2/c1-4-8(5-2)6-10-9(13)11-7(3)12/h4H,5-6H2,1-3H3,(H2,10,11,12,13)/b8-4-. The average Bonchev–Trinajstić information content (AvgIpc) is 2.05. The quantitative estimate of drug-likeness (QED) is 0.647. The van der Waals surface area contributed by atoms with Crippen molar-refractivity contribution in [3.8, 4) is 0 Å². The molecule has 74 valence electrons. The molecule has 0 fully saturated rings. The molecule has 0 unspecified atom stereocenters. The molecule has 0 saturated heterocycles. The van der Waals surface area contributed by atoms with E-state index in [0.29, 0.717) is 6.54 Å². The normalized spacial score (nSPS) is 10.8. The summed E-state index contributed by atoms with van der Waals surface area (Å²) in [5.41, 5.74) is 1.14. The van der Waals surface area contributed by atoms with Gasteiger partial charge in [0, 0.05) is 13.5 Å². The van der Waals surface area contributed by atoms with Crippen molar-refractivity contribution in [1.82, 2.24) is 10.6 Å². The van der Waals surface area contributed by atoms with Crippen molar-refractivity contribution in [2.45, 2.75) is 27.2 Å². The smallest absolute Gasteiger partial charge is 0.321 e. The van der Waals surface area contributed by atoms with Gasteiger partial charge in [-0.05, 0) is 13.3 Å². The van der Waals surface area contributed by atoms with Crippen molar-refractivity contribution < 1.29 is 9.59 Å². The first kappa shape index (κ1) is 11.7. The van der Waals surface area contributed by atoms with Gasteiger partial charge in [-0.1, -0.05) is 18.6 Å². The Bertz CT molecular complexity index is 222. The van der Waals surface area contributed by atoms with E-state index in [1.54, 1.807) is 0 Å². The summed E-state index contributed by atoms with van der Waals surface area (Å²) in [5.74, 6) is -0.351. The first-order valence-corrected chi connectivity index (χ1v) is 4.29. The van der Waals surface area contributed by atoms with Crippen LogP contribution in [0.4, 0.5) is 4.79 Å². The third-order valence-corrected chi connectivity index (χ3v) is 1.63. The summed E-state index contributed by atoms with van der Waals surface area (Å²) in [6.45, 7) is 5.73. The SMILES string of the molecule is C/C=C(/CC)CNC(=O)NC(C)=O. The first-order valence-electron chi connectivity index (χ1n) is 4.29. The number of hydrogen-bond donors (Lipinski definition) is 2. The van der Waals surface area contributed by atoms with E-state index in [4.69, 9.17) is 0 Å². The summed E-state index contributed by atoms with van der Waals surface area (Å²) >= 11 is 0. The molecule has 4 nitrogen and oxygen atoms in total. The molecule has 0 atom stereocenters. The summed E-state index contributed by atoms with van der Waals surface area (Å²) in [7, 11) is 0. The van der Waals surface area contributed by atoms with E-state index in [9.17, 15) is 9.59 Å². The molecule has 0 spiro atoms. The maximum Gasteiger partial charge on any atom is 0.321 e. The van der Waals surface area contributed by atoms with E-state index in [0.717, 1.165) is 12.0 Å². The molecule has 0 aliphatic carbocycles. The second kappa shape index (κ2) is 6.22. The van der Waals surface area contributed by atoms with Crippen LogP contribution >= 0.6 is 0 Å². The number of amides is 3. The first-order chi connectivity index (χ1) is 6.10. The monoisotopic (exact) mass is 184 g/mol. The highest BCUT2D eigenvalue weighted by molar-refractivity contribution is 5.93. The Morgan fingerprint density at radius 3 is 2.38 bits per heavy atom. The number of rotatable bonds is 3. The molecule has 0 radical (unpaired) electrons. The van der Waals surface area contributed by atoms with Gasteiger partial charge in [-0.3, -0.25) is 10.1 Å². The van der Waals surface area contributed by atoms with Gasteiger partial charge in [0.05, 0.1) is 0 Å². The van der Waals surface area contributed by atoms with Gasteiger partial charge in [0.25, 0.3) is 0 Å². The predicted molar refractivity (Wildman–Crippen MR) is 51.3 cm³/mol. The third kappa shape index (κ3) is 5.90. The Hall–Kier alpha value is -1.32. The molecule has 0 aromatic carbocycles. The van der Waals surface area contributed by atoms with Crippen LogP contribution in [0.3, 0.4) is 0 Å². The van der Waals surface area contributed by atoms with E-state index < -0.39 is 6.03 Å². The molecule has 0 heterocycles. The molecule has 4 heteroatoms. The Morgan fingerprint density at radius 1 is 1.38 bits per heavy atom. The van der Waals surface area contributed by atoms with Crippen LogP contribution in [0, 0.1) is 0 Å². The van der Waals surface area contributed by atoms with E-state index in [1.165, 1.54) is 6.92 Å². The highest BCUT2D eigenvalue weighted by Gasteiger charge is 2.01. The van der Waals surface area contributed by atoms with Crippen LogP contribution in [0.5, 0.6) is 0 Å². The number of nitrogens with one attached hydrogen (secondary N) is 2. The summed E-state index contributed by atoms with van der Waals surface area (Å²) in [5, 5.41) is 4.71. The molecule has 0 bridgehead atoms. The number of allylic oxidation sites excluding steroid dienone is 1. The van der Waals surface area contributed by atoms with Crippen LogP contribution in [-0.2, 0) is 4.79 Å². The van der Waals surface area contributed by atoms with Crippen LogP contribution in [0.2, 0.25) is 0 Å². The maximum atomic E-state index is 10.9. The molecule has 0 aromatic rings. The highest BCUT2D eigenvalue weighted by atomic mass is 16.2. The molecule has 0 aliphatic rings. The molecule has 0 aromatic heterocycles. The molecule has 0 rings (SSSR count). The van der Waals surface area contributed by atoms with Gasteiger partial charge in [0.15, 0.2) is 0 Å². The van der Waals surface area contributed by atoms with Crippen molar-refractivity contribution in [1.29, 1.82) is 0 Å². The fourth-order valence-electron chi connectivity index (χ4n) is 0.829. The fraction of sp³-hybridized carbons (Fsp3) is 0.556. The van der Waals surface area contributed by atoms with E-state index in [2.05, 4.69) is 10.6 Å². The molecular formula is C9H16N2O2. The van der Waals surface area contributed by atoms with Crippen molar-refractivity contribution in [3.63, 3.8) is 0 Å². The lowest BCUT2D eigenvalue weighted by Crippen LogP contribution is -2.38. The van der Waals surface area contributed by atoms with Crippen LogP contribution in [0.1, 0.15) is 27.2 Å². The molecule has 0 aliphatic heterocycles. The topological polar surface area (TPSA) is 58.2 Å². The lowest BCUT2D eigenvalue weighted by Gasteiger charge is -2.06. The van der Waals surface area contributed by atoms with E-state index in [1.807, 2.05) is 19.9 Å². The number of carbonyl (C=O) groups excluding carboxylic acids is 2. The highest BCUT2D eigenvalue weighted by Crippen LogP contribution is 1.96. The van der Waals surface area contributed by atoms with Gasteiger partial charge in [-0.2, -0.15) is 0 Å². The van der Waals surface area contributed by atoms with Gasteiger partial charge in [-0.15, -0.1) is 0 Å². The number of hydrogen-bond acceptors (Lipinski definition) is 2. The number of imide groups is 1. The van der Waals surface area contributed by atoms with Gasteiger partial charge in [0.1, 0.15) is 0 Å². The minimum absolute atomic E-state index is 0.351. The van der Waals surface area contributed by atoms with E-state index in [-0.39, 0.29) is 5.91 Å². The zero-order valence-electron chi connectivity index (χ0n) is 8.31. The zero-order chi connectivity index (χ0) is 10.3. The minimum atomic E-state index is -0.444. The Kier molecular flexibility index (Phi) is 5.59. The summed E-state index contributed by atoms with van der Waals surface area (Å²) in [4.78, 5) is 21.4. The van der Waals surface area contributed by atoms with Gasteiger partial charge < -0.3 is 5.32 Å². The zero-order valence-corrected chi connectivity index (χ0v) is 8.31. The lowest BCUT2D eigenvalue weighted by atomic mass is 10.2. The van der Waals surface area contributed by atoms with Crippen LogP contribution in [0.25, 0.3) is 0 Å². The second-order valence-electron chi connectivity index (χ2n) is 2.66. The average molecular weight is 184 g/mol. The third-order valence-electron chi connectivity index (χ3n) is 1.63. The Morgan fingerprint density at radius 2 is 2.00 bits per heavy atom. The van der Waals surface area contributed by atoms with Crippen LogP contribution in [-0.4, -0.2) is 18.5 Å². The number of urea groups is 1.